The molecule has 6 heteroatoms. The van der Waals surface area contributed by atoms with Gasteiger partial charge in [-0.25, -0.2) is 4.68 Å². The molecule has 190 valence electrons. The van der Waals surface area contributed by atoms with Crippen LogP contribution >= 0.6 is 0 Å². The van der Waals surface area contributed by atoms with Gasteiger partial charge < -0.3 is 14.6 Å². The summed E-state index contributed by atoms with van der Waals surface area (Å²) in [6.07, 6.45) is 0.220. The topological polar surface area (TPSA) is 59.8 Å². The number of para-hydroxylation sites is 1. The second-order valence-electron chi connectivity index (χ2n) is 9.85. The monoisotopic (exact) mass is 479 g/mol. The van der Waals surface area contributed by atoms with E-state index in [1.54, 1.807) is 0 Å². The van der Waals surface area contributed by atoms with E-state index < -0.39 is 6.10 Å². The highest BCUT2D eigenvalue weighted by Crippen LogP contribution is 2.32. The summed E-state index contributed by atoms with van der Waals surface area (Å²) in [5.74, 6) is 1.93. The fourth-order valence-corrected chi connectivity index (χ4v) is 3.91. The molecule has 2 aromatic carbocycles. The molecule has 0 aliphatic heterocycles. The van der Waals surface area contributed by atoms with Gasteiger partial charge in [0.15, 0.2) is 0 Å². The summed E-state index contributed by atoms with van der Waals surface area (Å²) >= 11 is 0. The van der Waals surface area contributed by atoms with Crippen LogP contribution in [0.25, 0.3) is 5.69 Å². The smallest absolute Gasteiger partial charge is 0.227 e. The van der Waals surface area contributed by atoms with Crippen molar-refractivity contribution in [1.29, 1.82) is 0 Å². The summed E-state index contributed by atoms with van der Waals surface area (Å²) < 4.78 is 14.1. The molecule has 0 amide bonds. The number of rotatable bonds is 13. The molecule has 1 aromatic heterocycles. The number of nitrogens with zero attached hydrogens (tertiary/aromatic N) is 3. The highest BCUT2D eigenvalue weighted by Gasteiger charge is 2.25. The maximum atomic E-state index is 10.7. The zero-order chi connectivity index (χ0) is 25.4. The molecule has 1 atom stereocenters. The lowest BCUT2D eigenvalue weighted by molar-refractivity contribution is 0.00160. The van der Waals surface area contributed by atoms with E-state index in [-0.39, 0.29) is 6.04 Å². The first kappa shape index (κ1) is 26.9. The third kappa shape index (κ3) is 7.66. The quantitative estimate of drug-likeness (QED) is 0.337. The lowest BCUT2D eigenvalue weighted by Gasteiger charge is -2.29. The summed E-state index contributed by atoms with van der Waals surface area (Å²) in [7, 11) is 0. The molecule has 1 N–H and O–H groups in total. The van der Waals surface area contributed by atoms with Gasteiger partial charge in [-0.2, -0.15) is 5.10 Å². The minimum absolute atomic E-state index is 0.228. The van der Waals surface area contributed by atoms with Gasteiger partial charge in [-0.1, -0.05) is 56.7 Å². The van der Waals surface area contributed by atoms with Crippen LogP contribution in [0.4, 0.5) is 0 Å². The van der Waals surface area contributed by atoms with Crippen LogP contribution < -0.4 is 4.74 Å². The molecule has 0 saturated carbocycles. The van der Waals surface area contributed by atoms with E-state index in [0.717, 1.165) is 29.1 Å². The first-order valence-electron chi connectivity index (χ1n) is 12.7. The van der Waals surface area contributed by atoms with Gasteiger partial charge in [0.05, 0.1) is 29.7 Å². The Morgan fingerprint density at radius 1 is 0.971 bits per heavy atom. The fourth-order valence-electron chi connectivity index (χ4n) is 3.91. The lowest BCUT2D eigenvalue weighted by atomic mass is 10.1. The van der Waals surface area contributed by atoms with Crippen LogP contribution in [-0.4, -0.2) is 51.7 Å². The summed E-state index contributed by atoms with van der Waals surface area (Å²) in [5.41, 5.74) is 4.17. The van der Waals surface area contributed by atoms with Crippen molar-refractivity contribution in [3.8, 4) is 17.3 Å². The average molecular weight is 480 g/mol. The number of hydrogen-bond donors (Lipinski definition) is 1. The zero-order valence-corrected chi connectivity index (χ0v) is 22.1. The fraction of sp³-hybridized carbons (Fsp3) is 0.483. The van der Waals surface area contributed by atoms with Crippen molar-refractivity contribution < 1.29 is 14.6 Å². The molecule has 1 heterocycles. The van der Waals surface area contributed by atoms with E-state index in [9.17, 15) is 5.11 Å². The van der Waals surface area contributed by atoms with Crippen LogP contribution in [0.15, 0.2) is 54.6 Å². The Kier molecular flexibility index (Phi) is 9.90. The first-order valence-corrected chi connectivity index (χ1v) is 12.7. The number of ether oxygens (including phenoxy) is 2. The Morgan fingerprint density at radius 2 is 1.66 bits per heavy atom. The maximum absolute atomic E-state index is 10.7. The lowest BCUT2D eigenvalue weighted by Crippen LogP contribution is -2.39. The van der Waals surface area contributed by atoms with Crippen molar-refractivity contribution in [2.24, 2.45) is 5.92 Å². The third-order valence-electron chi connectivity index (χ3n) is 5.89. The van der Waals surface area contributed by atoms with Crippen molar-refractivity contribution >= 4 is 0 Å². The maximum Gasteiger partial charge on any atom is 0.227 e. The minimum Gasteiger partial charge on any atom is -0.439 e. The second-order valence-corrected chi connectivity index (χ2v) is 9.85. The molecular formula is C29H41N3O3. The molecule has 0 fully saturated rings. The second kappa shape index (κ2) is 12.9. The van der Waals surface area contributed by atoms with E-state index in [1.165, 1.54) is 5.56 Å². The number of aryl methyl sites for hydroxylation is 2. The van der Waals surface area contributed by atoms with Gasteiger partial charge in [-0.3, -0.25) is 4.90 Å². The number of benzene rings is 2. The van der Waals surface area contributed by atoms with Crippen LogP contribution in [0, 0.1) is 12.8 Å². The number of aliphatic hydroxyl groups is 1. The summed E-state index contributed by atoms with van der Waals surface area (Å²) in [6, 6.07) is 18.4. The summed E-state index contributed by atoms with van der Waals surface area (Å²) in [5, 5.41) is 15.6. The molecule has 0 aliphatic rings. The Hall–Kier alpha value is -2.67. The van der Waals surface area contributed by atoms with E-state index in [0.29, 0.717) is 38.1 Å². The molecule has 35 heavy (non-hydrogen) atoms. The predicted molar refractivity (Wildman–Crippen MR) is 141 cm³/mol. The van der Waals surface area contributed by atoms with Gasteiger partial charge in [0.25, 0.3) is 0 Å². The van der Waals surface area contributed by atoms with Gasteiger partial charge in [-0.05, 0) is 57.4 Å². The SMILES string of the molecule is CCc1nn(-c2ccccc2)c(Oc2ccc(C)cc2)c1CN(C[C@H](O)COCC(C)C)C(C)C. The molecule has 3 rings (SSSR count). The van der Waals surface area contributed by atoms with Crippen molar-refractivity contribution in [3.05, 3.63) is 71.4 Å². The Morgan fingerprint density at radius 3 is 2.26 bits per heavy atom. The van der Waals surface area contributed by atoms with Crippen molar-refractivity contribution in [2.45, 2.75) is 66.7 Å². The van der Waals surface area contributed by atoms with Crippen LogP contribution in [0.5, 0.6) is 11.6 Å². The van der Waals surface area contributed by atoms with Gasteiger partial charge >= 0.3 is 0 Å². The summed E-state index contributed by atoms with van der Waals surface area (Å²) in [4.78, 5) is 2.26. The largest absolute Gasteiger partial charge is 0.439 e. The van der Waals surface area contributed by atoms with Crippen molar-refractivity contribution in [2.75, 3.05) is 19.8 Å². The highest BCUT2D eigenvalue weighted by atomic mass is 16.5. The Labute approximate surface area is 210 Å². The normalized spacial score (nSPS) is 12.6. The van der Waals surface area contributed by atoms with Gasteiger partial charge in [-0.15, -0.1) is 0 Å². The molecular weight excluding hydrogens is 438 g/mol. The molecule has 0 unspecified atom stereocenters. The van der Waals surface area contributed by atoms with Gasteiger partial charge in [0.2, 0.25) is 5.88 Å². The number of aromatic nitrogens is 2. The molecule has 3 aromatic rings. The standard InChI is InChI=1S/C29H41N3O3/c1-7-28-27(18-31(22(4)5)17-25(33)20-34-19-21(2)3)29(35-26-15-13-23(6)14-16-26)32(30-28)24-11-9-8-10-12-24/h8-16,21-22,25,33H,7,17-20H2,1-6H3/t25-/m0/s1. The molecule has 0 radical (unpaired) electrons. The van der Waals surface area contributed by atoms with Crippen LogP contribution in [-0.2, 0) is 17.7 Å². The molecule has 0 aliphatic carbocycles. The zero-order valence-electron chi connectivity index (χ0n) is 22.1. The molecule has 0 spiro atoms. The minimum atomic E-state index is -0.563. The van der Waals surface area contributed by atoms with Gasteiger partial charge in [0, 0.05) is 25.7 Å². The third-order valence-corrected chi connectivity index (χ3v) is 5.89. The van der Waals surface area contributed by atoms with E-state index >= 15 is 0 Å². The van der Waals surface area contributed by atoms with Gasteiger partial charge in [0.1, 0.15) is 5.75 Å². The number of hydrogen-bond acceptors (Lipinski definition) is 5. The molecule has 0 saturated heterocycles. The van der Waals surface area contributed by atoms with Crippen molar-refractivity contribution in [1.82, 2.24) is 14.7 Å². The average Bonchev–Trinajstić information content (AvgIpc) is 3.17. The first-order chi connectivity index (χ1) is 16.8. The van der Waals surface area contributed by atoms with Crippen molar-refractivity contribution in [3.63, 3.8) is 0 Å². The Bertz CT molecular complexity index is 1030. The predicted octanol–water partition coefficient (Wildman–Crippen LogP) is 5.78. The van der Waals surface area contributed by atoms with Crippen LogP contribution in [0.1, 0.15) is 51.4 Å². The molecule has 0 bridgehead atoms. The van der Waals surface area contributed by atoms with Crippen LogP contribution in [0.2, 0.25) is 0 Å². The van der Waals surface area contributed by atoms with Crippen LogP contribution in [0.3, 0.4) is 0 Å². The number of aliphatic hydroxyl groups excluding tert-OH is 1. The van der Waals surface area contributed by atoms with E-state index in [2.05, 4.69) is 46.4 Å². The van der Waals surface area contributed by atoms with E-state index in [4.69, 9.17) is 14.6 Å². The van der Waals surface area contributed by atoms with E-state index in [1.807, 2.05) is 59.3 Å². The molecule has 6 nitrogen and oxygen atoms in total. The highest BCUT2D eigenvalue weighted by molar-refractivity contribution is 5.44. The Balaban J connectivity index is 1.93. The summed E-state index contributed by atoms with van der Waals surface area (Å²) in [6.45, 7) is 14.8.